The summed E-state index contributed by atoms with van der Waals surface area (Å²) >= 11 is 0. The van der Waals surface area contributed by atoms with Gasteiger partial charge in [0.05, 0.1) is 11.7 Å². The fourth-order valence-electron chi connectivity index (χ4n) is 1.71. The van der Waals surface area contributed by atoms with E-state index in [1.165, 1.54) is 18.3 Å². The number of nitrogen functional groups attached to an aromatic ring is 1. The molecule has 0 bridgehead atoms. The van der Waals surface area contributed by atoms with Crippen LogP contribution in [0.15, 0.2) is 42.6 Å². The Morgan fingerprint density at radius 2 is 2.00 bits per heavy atom. The smallest absolute Gasteiger partial charge is 0.272 e. The number of nitrogens with one attached hydrogen (secondary N) is 1. The Hall–Kier alpha value is -2.43. The molecule has 0 unspecified atom stereocenters. The maximum absolute atomic E-state index is 12.8. The lowest BCUT2D eigenvalue weighted by Gasteiger charge is -2.14. The van der Waals surface area contributed by atoms with Crippen LogP contribution in [-0.2, 0) is 0 Å². The van der Waals surface area contributed by atoms with Crippen LogP contribution in [0.5, 0.6) is 0 Å². The van der Waals surface area contributed by atoms with Gasteiger partial charge >= 0.3 is 0 Å². The van der Waals surface area contributed by atoms with Crippen molar-refractivity contribution in [3.8, 4) is 0 Å². The predicted octanol–water partition coefficient (Wildman–Crippen LogP) is 2.29. The normalized spacial score (nSPS) is 11.9. The molecule has 0 fully saturated rings. The molecule has 0 saturated heterocycles. The number of halogens is 1. The zero-order valence-corrected chi connectivity index (χ0v) is 10.4. The number of carbonyl (C=O) groups is 1. The minimum Gasteiger partial charge on any atom is -0.397 e. The second-order valence-electron chi connectivity index (χ2n) is 4.19. The topological polar surface area (TPSA) is 68.0 Å². The number of anilines is 1. The quantitative estimate of drug-likeness (QED) is 0.888. The van der Waals surface area contributed by atoms with Crippen LogP contribution >= 0.6 is 0 Å². The molecular formula is C14H14FN3O. The monoisotopic (exact) mass is 259 g/mol. The molecule has 0 saturated carbocycles. The summed E-state index contributed by atoms with van der Waals surface area (Å²) in [6, 6.07) is 8.99. The highest BCUT2D eigenvalue weighted by molar-refractivity contribution is 5.97. The highest BCUT2D eigenvalue weighted by atomic mass is 19.1. The van der Waals surface area contributed by atoms with Crippen molar-refractivity contribution in [1.82, 2.24) is 10.3 Å². The van der Waals surface area contributed by atoms with E-state index in [9.17, 15) is 9.18 Å². The van der Waals surface area contributed by atoms with Gasteiger partial charge < -0.3 is 11.1 Å². The van der Waals surface area contributed by atoms with Gasteiger partial charge in [0.25, 0.3) is 5.91 Å². The molecule has 4 nitrogen and oxygen atoms in total. The van der Waals surface area contributed by atoms with Crippen molar-refractivity contribution in [1.29, 1.82) is 0 Å². The number of aromatic nitrogens is 1. The molecule has 0 aliphatic heterocycles. The molecule has 1 aromatic heterocycles. The molecule has 3 N–H and O–H groups in total. The lowest BCUT2D eigenvalue weighted by Crippen LogP contribution is -2.28. The average Bonchev–Trinajstić information content (AvgIpc) is 2.39. The SMILES string of the molecule is C[C@@H](NC(=O)c1ncccc1N)c1ccc(F)cc1. The first-order valence-electron chi connectivity index (χ1n) is 5.84. The van der Waals surface area contributed by atoms with Crippen LogP contribution in [0.2, 0.25) is 0 Å². The van der Waals surface area contributed by atoms with E-state index in [4.69, 9.17) is 5.73 Å². The van der Waals surface area contributed by atoms with E-state index in [0.717, 1.165) is 5.56 Å². The molecule has 0 spiro atoms. The molecule has 1 atom stereocenters. The van der Waals surface area contributed by atoms with Gasteiger partial charge in [-0.3, -0.25) is 4.79 Å². The van der Waals surface area contributed by atoms with Crippen LogP contribution in [0.1, 0.15) is 29.0 Å². The number of benzene rings is 1. The van der Waals surface area contributed by atoms with E-state index >= 15 is 0 Å². The lowest BCUT2D eigenvalue weighted by atomic mass is 10.1. The number of amides is 1. The fourth-order valence-corrected chi connectivity index (χ4v) is 1.71. The molecule has 0 aliphatic carbocycles. The van der Waals surface area contributed by atoms with Crippen molar-refractivity contribution in [2.75, 3.05) is 5.73 Å². The van der Waals surface area contributed by atoms with Crippen LogP contribution in [0.25, 0.3) is 0 Å². The van der Waals surface area contributed by atoms with Crippen LogP contribution < -0.4 is 11.1 Å². The molecule has 2 aromatic rings. The number of nitrogens with two attached hydrogens (primary N) is 1. The van der Waals surface area contributed by atoms with Crippen molar-refractivity contribution in [3.05, 3.63) is 59.7 Å². The summed E-state index contributed by atoms with van der Waals surface area (Å²) in [6.07, 6.45) is 1.51. The van der Waals surface area contributed by atoms with E-state index in [-0.39, 0.29) is 23.5 Å². The zero-order valence-electron chi connectivity index (χ0n) is 10.4. The number of nitrogens with zero attached hydrogens (tertiary/aromatic N) is 1. The molecular weight excluding hydrogens is 245 g/mol. The molecule has 1 heterocycles. The van der Waals surface area contributed by atoms with E-state index in [0.29, 0.717) is 5.69 Å². The van der Waals surface area contributed by atoms with Crippen LogP contribution in [0, 0.1) is 5.82 Å². The summed E-state index contributed by atoms with van der Waals surface area (Å²) in [6.45, 7) is 1.81. The number of hydrogen-bond acceptors (Lipinski definition) is 3. The average molecular weight is 259 g/mol. The number of carbonyl (C=O) groups excluding carboxylic acids is 1. The highest BCUT2D eigenvalue weighted by Gasteiger charge is 2.14. The first-order valence-corrected chi connectivity index (χ1v) is 5.84. The Kier molecular flexibility index (Phi) is 3.75. The van der Waals surface area contributed by atoms with Crippen molar-refractivity contribution in [3.63, 3.8) is 0 Å². The van der Waals surface area contributed by atoms with Crippen LogP contribution in [-0.4, -0.2) is 10.9 Å². The Morgan fingerprint density at radius 1 is 1.32 bits per heavy atom. The molecule has 5 heteroatoms. The molecule has 0 radical (unpaired) electrons. The first kappa shape index (κ1) is 13.0. The third-order valence-electron chi connectivity index (χ3n) is 2.77. The standard InChI is InChI=1S/C14H14FN3O/c1-9(10-4-6-11(15)7-5-10)18-14(19)13-12(16)3-2-8-17-13/h2-9H,16H2,1H3,(H,18,19)/t9-/m1/s1. The second kappa shape index (κ2) is 5.48. The lowest BCUT2D eigenvalue weighted by molar-refractivity contribution is 0.0936. The van der Waals surface area contributed by atoms with Crippen LogP contribution in [0.3, 0.4) is 0 Å². The highest BCUT2D eigenvalue weighted by Crippen LogP contribution is 2.14. The molecule has 1 aromatic carbocycles. The van der Waals surface area contributed by atoms with Gasteiger partial charge in [0.2, 0.25) is 0 Å². The zero-order chi connectivity index (χ0) is 13.8. The summed E-state index contributed by atoms with van der Waals surface area (Å²) in [5, 5.41) is 2.77. The van der Waals surface area contributed by atoms with E-state index in [2.05, 4.69) is 10.3 Å². The van der Waals surface area contributed by atoms with E-state index in [1.807, 2.05) is 6.92 Å². The van der Waals surface area contributed by atoms with Crippen molar-refractivity contribution in [2.24, 2.45) is 0 Å². The Morgan fingerprint density at radius 3 is 2.63 bits per heavy atom. The molecule has 1 amide bonds. The third-order valence-corrected chi connectivity index (χ3v) is 2.77. The van der Waals surface area contributed by atoms with Gasteiger partial charge in [-0.05, 0) is 36.8 Å². The van der Waals surface area contributed by atoms with Gasteiger partial charge in [0.1, 0.15) is 5.82 Å². The van der Waals surface area contributed by atoms with Gasteiger partial charge in [0, 0.05) is 6.20 Å². The molecule has 0 aliphatic rings. The first-order chi connectivity index (χ1) is 9.08. The van der Waals surface area contributed by atoms with Crippen molar-refractivity contribution in [2.45, 2.75) is 13.0 Å². The van der Waals surface area contributed by atoms with Crippen LogP contribution in [0.4, 0.5) is 10.1 Å². The van der Waals surface area contributed by atoms with Crippen molar-refractivity contribution >= 4 is 11.6 Å². The predicted molar refractivity (Wildman–Crippen MR) is 70.9 cm³/mol. The molecule has 2 rings (SSSR count). The van der Waals surface area contributed by atoms with Gasteiger partial charge in [-0.2, -0.15) is 0 Å². The number of rotatable bonds is 3. The number of pyridine rings is 1. The molecule has 19 heavy (non-hydrogen) atoms. The maximum atomic E-state index is 12.8. The summed E-state index contributed by atoms with van der Waals surface area (Å²) in [5.74, 6) is -0.661. The largest absolute Gasteiger partial charge is 0.397 e. The van der Waals surface area contributed by atoms with Gasteiger partial charge in [0.15, 0.2) is 5.69 Å². The number of hydrogen-bond donors (Lipinski definition) is 2. The minimum atomic E-state index is -0.352. The summed E-state index contributed by atoms with van der Waals surface area (Å²) in [5.41, 5.74) is 7.01. The summed E-state index contributed by atoms with van der Waals surface area (Å²) in [7, 11) is 0. The maximum Gasteiger partial charge on any atom is 0.272 e. The Balaban J connectivity index is 2.11. The Labute approximate surface area is 110 Å². The van der Waals surface area contributed by atoms with E-state index < -0.39 is 0 Å². The van der Waals surface area contributed by atoms with Gasteiger partial charge in [-0.1, -0.05) is 12.1 Å². The molecule has 98 valence electrons. The second-order valence-corrected chi connectivity index (χ2v) is 4.19. The van der Waals surface area contributed by atoms with Gasteiger partial charge in [-0.25, -0.2) is 9.37 Å². The summed E-state index contributed by atoms with van der Waals surface area (Å²) in [4.78, 5) is 15.9. The van der Waals surface area contributed by atoms with Gasteiger partial charge in [-0.15, -0.1) is 0 Å². The minimum absolute atomic E-state index is 0.191. The fraction of sp³-hybridized carbons (Fsp3) is 0.143. The Bertz CT molecular complexity index is 583. The summed E-state index contributed by atoms with van der Waals surface area (Å²) < 4.78 is 12.8. The third kappa shape index (κ3) is 3.07. The van der Waals surface area contributed by atoms with Crippen molar-refractivity contribution < 1.29 is 9.18 Å². The van der Waals surface area contributed by atoms with E-state index in [1.54, 1.807) is 24.3 Å².